The highest BCUT2D eigenvalue weighted by molar-refractivity contribution is 5.85. The van der Waals surface area contributed by atoms with Crippen LogP contribution >= 0.6 is 12.4 Å². The van der Waals surface area contributed by atoms with Crippen LogP contribution in [0, 0.1) is 0 Å². The van der Waals surface area contributed by atoms with Gasteiger partial charge in [0, 0.05) is 13.1 Å². The van der Waals surface area contributed by atoms with Crippen LogP contribution in [0.1, 0.15) is 31.1 Å². The zero-order valence-corrected chi connectivity index (χ0v) is 10.4. The third-order valence-electron chi connectivity index (χ3n) is 2.50. The molecule has 0 amide bonds. The van der Waals surface area contributed by atoms with Gasteiger partial charge in [-0.3, -0.25) is 0 Å². The van der Waals surface area contributed by atoms with Gasteiger partial charge in [-0.2, -0.15) is 0 Å². The Morgan fingerprint density at radius 2 is 2.19 bits per heavy atom. The monoisotopic (exact) mass is 243 g/mol. The first kappa shape index (κ1) is 13.3. The first-order valence-electron chi connectivity index (χ1n) is 5.35. The van der Waals surface area contributed by atoms with E-state index in [9.17, 15) is 5.11 Å². The predicted molar refractivity (Wildman–Crippen MR) is 66.1 cm³/mol. The van der Waals surface area contributed by atoms with E-state index in [1.54, 1.807) is 0 Å². The molecule has 90 valence electrons. The van der Waals surface area contributed by atoms with E-state index in [0.717, 1.165) is 23.4 Å². The van der Waals surface area contributed by atoms with E-state index in [-0.39, 0.29) is 18.5 Å². The van der Waals surface area contributed by atoms with Crippen molar-refractivity contribution < 1.29 is 9.84 Å². The summed E-state index contributed by atoms with van der Waals surface area (Å²) in [4.78, 5) is 0. The van der Waals surface area contributed by atoms with Gasteiger partial charge in [0.25, 0.3) is 0 Å². The lowest BCUT2D eigenvalue weighted by Crippen LogP contribution is -2.27. The fourth-order valence-electron chi connectivity index (χ4n) is 1.84. The van der Waals surface area contributed by atoms with Gasteiger partial charge in [-0.1, -0.05) is 6.07 Å². The molecule has 0 saturated heterocycles. The summed E-state index contributed by atoms with van der Waals surface area (Å²) >= 11 is 0. The number of benzene rings is 1. The molecular formula is C12H18ClNO2. The summed E-state index contributed by atoms with van der Waals surface area (Å²) in [6.45, 7) is 5.45. The van der Waals surface area contributed by atoms with Gasteiger partial charge < -0.3 is 15.2 Å². The number of aliphatic hydroxyl groups excluding tert-OH is 1. The molecule has 1 aliphatic heterocycles. The Kier molecular flexibility index (Phi) is 4.59. The molecule has 2 N–H and O–H groups in total. The second-order valence-corrected chi connectivity index (χ2v) is 4.17. The summed E-state index contributed by atoms with van der Waals surface area (Å²) in [6.07, 6.45) is -0.244. The number of halogens is 1. The SMILES string of the molecule is CC(C)Oc1ccc2c(c1)C(O)CNC2.Cl. The molecule has 1 unspecified atom stereocenters. The molecule has 2 rings (SSSR count). The third-order valence-corrected chi connectivity index (χ3v) is 2.50. The molecule has 1 heterocycles. The maximum absolute atomic E-state index is 9.80. The second kappa shape index (κ2) is 5.53. The maximum Gasteiger partial charge on any atom is 0.120 e. The van der Waals surface area contributed by atoms with Crippen molar-refractivity contribution in [3.05, 3.63) is 29.3 Å². The van der Waals surface area contributed by atoms with Crippen molar-refractivity contribution in [1.82, 2.24) is 5.32 Å². The van der Waals surface area contributed by atoms with Crippen molar-refractivity contribution in [2.45, 2.75) is 32.6 Å². The molecule has 4 heteroatoms. The molecule has 0 spiro atoms. The number of β-amino-alcohol motifs (C(OH)–C–C–N with tert-alkyl or cyclic N) is 1. The van der Waals surface area contributed by atoms with Crippen LogP contribution < -0.4 is 10.1 Å². The van der Waals surface area contributed by atoms with Crippen LogP contribution in [0.3, 0.4) is 0 Å². The van der Waals surface area contributed by atoms with Crippen LogP contribution in [0.15, 0.2) is 18.2 Å². The average molecular weight is 244 g/mol. The number of fused-ring (bicyclic) bond motifs is 1. The van der Waals surface area contributed by atoms with Gasteiger partial charge in [0.15, 0.2) is 0 Å². The zero-order chi connectivity index (χ0) is 10.8. The van der Waals surface area contributed by atoms with Crippen molar-refractivity contribution in [2.75, 3.05) is 6.54 Å². The molecule has 1 aliphatic rings. The highest BCUT2D eigenvalue weighted by atomic mass is 35.5. The minimum Gasteiger partial charge on any atom is -0.491 e. The van der Waals surface area contributed by atoms with Gasteiger partial charge >= 0.3 is 0 Å². The molecule has 3 nitrogen and oxygen atoms in total. The van der Waals surface area contributed by atoms with Gasteiger partial charge in [-0.15, -0.1) is 12.4 Å². The Morgan fingerprint density at radius 1 is 1.44 bits per heavy atom. The van der Waals surface area contributed by atoms with Crippen LogP contribution in [0.2, 0.25) is 0 Å². The Labute approximate surface area is 102 Å². The number of rotatable bonds is 2. The lowest BCUT2D eigenvalue weighted by molar-refractivity contribution is 0.164. The molecule has 1 aromatic rings. The number of hydrogen-bond acceptors (Lipinski definition) is 3. The van der Waals surface area contributed by atoms with Crippen molar-refractivity contribution in [1.29, 1.82) is 0 Å². The van der Waals surface area contributed by atoms with Crippen LogP contribution in [0.25, 0.3) is 0 Å². The summed E-state index contributed by atoms with van der Waals surface area (Å²) in [5, 5.41) is 13.0. The van der Waals surface area contributed by atoms with Crippen molar-refractivity contribution in [2.24, 2.45) is 0 Å². The lowest BCUT2D eigenvalue weighted by atomic mass is 9.98. The molecule has 0 radical (unpaired) electrons. The lowest BCUT2D eigenvalue weighted by Gasteiger charge is -2.23. The summed E-state index contributed by atoms with van der Waals surface area (Å²) in [5.41, 5.74) is 2.15. The minimum absolute atomic E-state index is 0. The van der Waals surface area contributed by atoms with E-state index in [4.69, 9.17) is 4.74 Å². The van der Waals surface area contributed by atoms with E-state index in [2.05, 4.69) is 5.32 Å². The quantitative estimate of drug-likeness (QED) is 0.835. The normalized spacial score (nSPS) is 18.9. The first-order chi connectivity index (χ1) is 7.16. The summed E-state index contributed by atoms with van der Waals surface area (Å²) < 4.78 is 5.60. The van der Waals surface area contributed by atoms with Gasteiger partial charge in [-0.25, -0.2) is 0 Å². The van der Waals surface area contributed by atoms with E-state index in [1.165, 1.54) is 0 Å². The Morgan fingerprint density at radius 3 is 2.88 bits per heavy atom. The summed E-state index contributed by atoms with van der Waals surface area (Å²) in [7, 11) is 0. The summed E-state index contributed by atoms with van der Waals surface area (Å²) in [6, 6.07) is 5.92. The molecule has 1 aromatic carbocycles. The van der Waals surface area contributed by atoms with Gasteiger partial charge in [-0.05, 0) is 37.1 Å². The minimum atomic E-state index is -0.413. The molecule has 0 bridgehead atoms. The average Bonchev–Trinajstić information content (AvgIpc) is 2.18. The Bertz CT molecular complexity index is 355. The van der Waals surface area contributed by atoms with E-state index >= 15 is 0 Å². The number of hydrogen-bond donors (Lipinski definition) is 2. The molecule has 0 aliphatic carbocycles. The fourth-order valence-corrected chi connectivity index (χ4v) is 1.84. The van der Waals surface area contributed by atoms with E-state index in [1.807, 2.05) is 32.0 Å². The van der Waals surface area contributed by atoms with Gasteiger partial charge in [0.05, 0.1) is 12.2 Å². The molecule has 0 saturated carbocycles. The summed E-state index contributed by atoms with van der Waals surface area (Å²) in [5.74, 6) is 0.838. The zero-order valence-electron chi connectivity index (χ0n) is 9.56. The predicted octanol–water partition coefficient (Wildman–Crippen LogP) is 2.03. The second-order valence-electron chi connectivity index (χ2n) is 4.17. The number of nitrogens with one attached hydrogen (secondary N) is 1. The van der Waals surface area contributed by atoms with Crippen LogP contribution in [-0.2, 0) is 6.54 Å². The van der Waals surface area contributed by atoms with Crippen molar-refractivity contribution in [3.63, 3.8) is 0 Å². The standard InChI is InChI=1S/C12H17NO2.ClH/c1-8(2)15-10-4-3-9-6-13-7-12(14)11(9)5-10;/h3-5,8,12-14H,6-7H2,1-2H3;1H. The molecule has 1 atom stereocenters. The van der Waals surface area contributed by atoms with Crippen molar-refractivity contribution >= 4 is 12.4 Å². The smallest absolute Gasteiger partial charge is 0.120 e. The third kappa shape index (κ3) is 2.88. The fraction of sp³-hybridized carbons (Fsp3) is 0.500. The van der Waals surface area contributed by atoms with Gasteiger partial charge in [0.1, 0.15) is 5.75 Å². The highest BCUT2D eigenvalue weighted by Crippen LogP contribution is 2.26. The molecule has 0 fully saturated rings. The van der Waals surface area contributed by atoms with E-state index < -0.39 is 6.10 Å². The molecular weight excluding hydrogens is 226 g/mol. The highest BCUT2D eigenvalue weighted by Gasteiger charge is 2.17. The first-order valence-corrected chi connectivity index (χ1v) is 5.35. The Balaban J connectivity index is 0.00000128. The van der Waals surface area contributed by atoms with Crippen molar-refractivity contribution in [3.8, 4) is 5.75 Å². The number of ether oxygens (including phenoxy) is 1. The maximum atomic E-state index is 9.80. The molecule has 16 heavy (non-hydrogen) atoms. The van der Waals surface area contributed by atoms with Gasteiger partial charge in [0.2, 0.25) is 0 Å². The van der Waals surface area contributed by atoms with Crippen LogP contribution in [0.5, 0.6) is 5.75 Å². The number of aliphatic hydroxyl groups is 1. The molecule has 0 aromatic heterocycles. The Hall–Kier alpha value is -0.770. The van der Waals surface area contributed by atoms with Crippen LogP contribution in [-0.4, -0.2) is 17.8 Å². The van der Waals surface area contributed by atoms with E-state index in [0.29, 0.717) is 6.54 Å². The topological polar surface area (TPSA) is 41.5 Å². The largest absolute Gasteiger partial charge is 0.491 e. The van der Waals surface area contributed by atoms with Crippen LogP contribution in [0.4, 0.5) is 0 Å².